The van der Waals surface area contributed by atoms with Crippen molar-refractivity contribution >= 4 is 5.69 Å². The number of hydrogen-bond acceptors (Lipinski definition) is 4. The lowest BCUT2D eigenvalue weighted by molar-refractivity contribution is -0.384. The second-order valence-electron chi connectivity index (χ2n) is 4.68. The summed E-state index contributed by atoms with van der Waals surface area (Å²) in [6.45, 7) is 3.87. The van der Waals surface area contributed by atoms with Crippen molar-refractivity contribution in [3.8, 4) is 11.5 Å². The van der Waals surface area contributed by atoms with E-state index in [0.29, 0.717) is 11.5 Å². The van der Waals surface area contributed by atoms with Crippen molar-refractivity contribution < 1.29 is 9.66 Å². The van der Waals surface area contributed by atoms with Crippen LogP contribution in [0.15, 0.2) is 48.5 Å². The first-order valence-corrected chi connectivity index (χ1v) is 6.91. The molecular formula is C16H18N2O3. The Kier molecular flexibility index (Phi) is 5.29. The van der Waals surface area contributed by atoms with Gasteiger partial charge in [-0.3, -0.25) is 10.1 Å². The smallest absolute Gasteiger partial charge is 0.273 e. The van der Waals surface area contributed by atoms with Gasteiger partial charge in [-0.05, 0) is 36.7 Å². The highest BCUT2D eigenvalue weighted by atomic mass is 16.6. The molecule has 1 N–H and O–H groups in total. The van der Waals surface area contributed by atoms with Gasteiger partial charge < -0.3 is 10.1 Å². The monoisotopic (exact) mass is 286 g/mol. The molecule has 5 nitrogen and oxygen atoms in total. The number of benzene rings is 2. The molecule has 0 aliphatic carbocycles. The van der Waals surface area contributed by atoms with Crippen molar-refractivity contribution in [2.24, 2.45) is 0 Å². The maximum absolute atomic E-state index is 10.7. The summed E-state index contributed by atoms with van der Waals surface area (Å²) in [5.41, 5.74) is 1.14. The lowest BCUT2D eigenvalue weighted by Gasteiger charge is -2.08. The highest BCUT2D eigenvalue weighted by Crippen LogP contribution is 2.25. The molecular weight excluding hydrogens is 268 g/mol. The number of non-ortho nitro benzene ring substituents is 1. The van der Waals surface area contributed by atoms with Gasteiger partial charge in [0.2, 0.25) is 0 Å². The first kappa shape index (κ1) is 15.0. The molecule has 0 aromatic heterocycles. The highest BCUT2D eigenvalue weighted by molar-refractivity contribution is 5.41. The molecule has 21 heavy (non-hydrogen) atoms. The van der Waals surface area contributed by atoms with Gasteiger partial charge >= 0.3 is 0 Å². The summed E-state index contributed by atoms with van der Waals surface area (Å²) in [7, 11) is 0. The molecule has 2 aromatic carbocycles. The lowest BCUT2D eigenvalue weighted by Crippen LogP contribution is -2.13. The quantitative estimate of drug-likeness (QED) is 0.476. The zero-order chi connectivity index (χ0) is 15.1. The van der Waals surface area contributed by atoms with Gasteiger partial charge in [0.05, 0.1) is 11.0 Å². The molecule has 2 aromatic rings. The molecule has 0 radical (unpaired) electrons. The SMILES string of the molecule is CCCNCc1cccc(Oc2cccc([N+](=O)[O-])c2)c1. The van der Waals surface area contributed by atoms with E-state index < -0.39 is 4.92 Å². The topological polar surface area (TPSA) is 64.4 Å². The Morgan fingerprint density at radius 3 is 2.57 bits per heavy atom. The Morgan fingerprint density at radius 2 is 1.86 bits per heavy atom. The zero-order valence-corrected chi connectivity index (χ0v) is 11.9. The Hall–Kier alpha value is -2.40. The molecule has 0 aliphatic heterocycles. The highest BCUT2D eigenvalue weighted by Gasteiger charge is 2.07. The van der Waals surface area contributed by atoms with Crippen molar-refractivity contribution in [1.82, 2.24) is 5.32 Å². The Morgan fingerprint density at radius 1 is 1.14 bits per heavy atom. The summed E-state index contributed by atoms with van der Waals surface area (Å²) in [5.74, 6) is 1.13. The zero-order valence-electron chi connectivity index (χ0n) is 11.9. The summed E-state index contributed by atoms with van der Waals surface area (Å²) < 4.78 is 5.68. The first-order valence-electron chi connectivity index (χ1n) is 6.91. The number of nitrogens with zero attached hydrogens (tertiary/aromatic N) is 1. The van der Waals surface area contributed by atoms with Crippen LogP contribution in [-0.2, 0) is 6.54 Å². The summed E-state index contributed by atoms with van der Waals surface area (Å²) >= 11 is 0. The van der Waals surface area contributed by atoms with Gasteiger partial charge in [-0.2, -0.15) is 0 Å². The second kappa shape index (κ2) is 7.40. The summed E-state index contributed by atoms with van der Waals surface area (Å²) in [4.78, 5) is 10.3. The number of nitrogens with one attached hydrogen (secondary N) is 1. The van der Waals surface area contributed by atoms with E-state index in [1.165, 1.54) is 12.1 Å². The molecule has 0 fully saturated rings. The number of nitro benzene ring substituents is 1. The van der Waals surface area contributed by atoms with Gasteiger partial charge in [-0.25, -0.2) is 0 Å². The first-order chi connectivity index (χ1) is 10.2. The van der Waals surface area contributed by atoms with E-state index in [0.717, 1.165) is 25.1 Å². The van der Waals surface area contributed by atoms with E-state index in [1.54, 1.807) is 12.1 Å². The van der Waals surface area contributed by atoms with Crippen LogP contribution in [0, 0.1) is 10.1 Å². The minimum absolute atomic E-state index is 0.0215. The van der Waals surface area contributed by atoms with Crippen LogP contribution in [0.4, 0.5) is 5.69 Å². The molecule has 0 atom stereocenters. The minimum Gasteiger partial charge on any atom is -0.457 e. The third-order valence-corrected chi connectivity index (χ3v) is 2.92. The molecule has 110 valence electrons. The van der Waals surface area contributed by atoms with E-state index in [1.807, 2.05) is 24.3 Å². The minimum atomic E-state index is -0.433. The third-order valence-electron chi connectivity index (χ3n) is 2.92. The third kappa shape index (κ3) is 4.57. The maximum atomic E-state index is 10.7. The van der Waals surface area contributed by atoms with Crippen molar-refractivity contribution in [2.75, 3.05) is 6.54 Å². The average molecular weight is 286 g/mol. The van der Waals surface area contributed by atoms with Crippen LogP contribution in [0.2, 0.25) is 0 Å². The van der Waals surface area contributed by atoms with Gasteiger partial charge in [-0.1, -0.05) is 25.1 Å². The molecule has 0 bridgehead atoms. The second-order valence-corrected chi connectivity index (χ2v) is 4.68. The van der Waals surface area contributed by atoms with Gasteiger partial charge in [0.25, 0.3) is 5.69 Å². The van der Waals surface area contributed by atoms with Crippen LogP contribution in [0.25, 0.3) is 0 Å². The Balaban J connectivity index is 2.07. The maximum Gasteiger partial charge on any atom is 0.273 e. The van der Waals surface area contributed by atoms with Crippen molar-refractivity contribution in [3.05, 3.63) is 64.2 Å². The number of rotatable bonds is 7. The summed E-state index contributed by atoms with van der Waals surface area (Å²) in [6, 6.07) is 13.9. The van der Waals surface area contributed by atoms with E-state index >= 15 is 0 Å². The fourth-order valence-electron chi connectivity index (χ4n) is 1.93. The van der Waals surface area contributed by atoms with Crippen molar-refractivity contribution in [2.45, 2.75) is 19.9 Å². The van der Waals surface area contributed by atoms with Crippen LogP contribution < -0.4 is 10.1 Å². The van der Waals surface area contributed by atoms with E-state index in [4.69, 9.17) is 4.74 Å². The fraction of sp³-hybridized carbons (Fsp3) is 0.250. The Bertz CT molecular complexity index is 614. The molecule has 0 amide bonds. The van der Waals surface area contributed by atoms with Crippen LogP contribution in [-0.4, -0.2) is 11.5 Å². The Labute approximate surface area is 123 Å². The largest absolute Gasteiger partial charge is 0.457 e. The molecule has 0 aliphatic rings. The van der Waals surface area contributed by atoms with Gasteiger partial charge in [0.15, 0.2) is 0 Å². The van der Waals surface area contributed by atoms with Crippen LogP contribution >= 0.6 is 0 Å². The molecule has 2 rings (SSSR count). The fourth-order valence-corrected chi connectivity index (χ4v) is 1.93. The average Bonchev–Trinajstić information content (AvgIpc) is 2.48. The molecule has 0 saturated carbocycles. The normalized spacial score (nSPS) is 10.3. The van der Waals surface area contributed by atoms with E-state index in [9.17, 15) is 10.1 Å². The van der Waals surface area contributed by atoms with Crippen molar-refractivity contribution in [3.63, 3.8) is 0 Å². The molecule has 0 unspecified atom stereocenters. The molecule has 5 heteroatoms. The van der Waals surface area contributed by atoms with Gasteiger partial charge in [0, 0.05) is 12.6 Å². The summed E-state index contributed by atoms with van der Waals surface area (Å²) in [5, 5.41) is 14.1. The van der Waals surface area contributed by atoms with E-state index in [-0.39, 0.29) is 5.69 Å². The lowest BCUT2D eigenvalue weighted by atomic mass is 10.2. The van der Waals surface area contributed by atoms with Gasteiger partial charge in [-0.15, -0.1) is 0 Å². The predicted octanol–water partition coefficient (Wildman–Crippen LogP) is 3.89. The summed E-state index contributed by atoms with van der Waals surface area (Å²) in [6.07, 6.45) is 1.09. The van der Waals surface area contributed by atoms with Gasteiger partial charge in [0.1, 0.15) is 11.5 Å². The molecule has 0 spiro atoms. The molecule has 0 heterocycles. The number of nitro groups is 1. The van der Waals surface area contributed by atoms with Crippen molar-refractivity contribution in [1.29, 1.82) is 0 Å². The number of hydrogen-bond donors (Lipinski definition) is 1. The predicted molar refractivity (Wildman–Crippen MR) is 81.6 cm³/mol. The standard InChI is InChI=1S/C16H18N2O3/c1-2-9-17-12-13-5-3-7-15(10-13)21-16-8-4-6-14(11-16)18(19)20/h3-8,10-11,17H,2,9,12H2,1H3. The van der Waals surface area contributed by atoms with Crippen LogP contribution in [0.5, 0.6) is 11.5 Å². The number of ether oxygens (including phenoxy) is 1. The van der Waals surface area contributed by atoms with Crippen LogP contribution in [0.3, 0.4) is 0 Å². The van der Waals surface area contributed by atoms with E-state index in [2.05, 4.69) is 12.2 Å². The molecule has 0 saturated heterocycles. The van der Waals surface area contributed by atoms with Crippen LogP contribution in [0.1, 0.15) is 18.9 Å².